The van der Waals surface area contributed by atoms with E-state index in [0.29, 0.717) is 10.3 Å². The minimum Gasteiger partial charge on any atom is -0.281 e. The predicted molar refractivity (Wildman–Crippen MR) is 59.4 cm³/mol. The minimum absolute atomic E-state index is 0.0513. The zero-order valence-electron chi connectivity index (χ0n) is 8.35. The fourth-order valence-electron chi connectivity index (χ4n) is 0.935. The molecule has 1 aromatic heterocycles. The average Bonchev–Trinajstić information content (AvgIpc) is 2.55. The molecule has 14 heavy (non-hydrogen) atoms. The molecule has 0 aliphatic rings. The Morgan fingerprint density at radius 2 is 2.36 bits per heavy atom. The summed E-state index contributed by atoms with van der Waals surface area (Å²) < 4.78 is 0.700. The quantitative estimate of drug-likeness (QED) is 0.589. The van der Waals surface area contributed by atoms with Crippen molar-refractivity contribution in [3.63, 3.8) is 0 Å². The molecule has 0 aliphatic carbocycles. The lowest BCUT2D eigenvalue weighted by molar-refractivity contribution is -0.107. The molecule has 0 fully saturated rings. The highest BCUT2D eigenvalue weighted by molar-refractivity contribution is 8.15. The van der Waals surface area contributed by atoms with Crippen molar-refractivity contribution >= 4 is 28.2 Å². The van der Waals surface area contributed by atoms with E-state index in [2.05, 4.69) is 10.2 Å². The molecule has 0 aromatic carbocycles. The van der Waals surface area contributed by atoms with E-state index in [1.165, 1.54) is 11.3 Å². The van der Waals surface area contributed by atoms with E-state index in [0.717, 1.165) is 17.3 Å². The van der Waals surface area contributed by atoms with Crippen LogP contribution >= 0.6 is 23.1 Å². The summed E-state index contributed by atoms with van der Waals surface area (Å²) in [4.78, 5) is 11.6. The van der Waals surface area contributed by atoms with E-state index < -0.39 is 0 Å². The van der Waals surface area contributed by atoms with Crippen LogP contribution in [0.15, 0.2) is 21.5 Å². The molecule has 5 heteroatoms. The second-order valence-corrected chi connectivity index (χ2v) is 5.24. The van der Waals surface area contributed by atoms with E-state index in [-0.39, 0.29) is 5.12 Å². The number of rotatable bonds is 3. The van der Waals surface area contributed by atoms with Crippen LogP contribution in [0.2, 0.25) is 0 Å². The Hall–Kier alpha value is -0.680. The highest BCUT2D eigenvalue weighted by Crippen LogP contribution is 2.23. The molecular formula is C9H12N2OS2. The minimum atomic E-state index is 0.0513. The summed E-state index contributed by atoms with van der Waals surface area (Å²) in [5, 5.41) is 7.52. The smallest absolute Gasteiger partial charge is 0.221 e. The maximum absolute atomic E-state index is 11.6. The normalized spacial score (nSPS) is 12.1. The van der Waals surface area contributed by atoms with Crippen molar-refractivity contribution in [3.8, 4) is 0 Å². The molecule has 0 radical (unpaired) electrons. The first-order chi connectivity index (χ1) is 6.59. The standard InChI is InChI=1S/C9H12N2OS2/c1-6(2)4-7(3)8(12)14-9-11-10-5-13-9/h4-6H,1-3H3. The summed E-state index contributed by atoms with van der Waals surface area (Å²) in [6.45, 7) is 5.93. The third-order valence-electron chi connectivity index (χ3n) is 1.43. The Labute approximate surface area is 91.6 Å². The van der Waals surface area contributed by atoms with Gasteiger partial charge < -0.3 is 0 Å². The van der Waals surface area contributed by atoms with Gasteiger partial charge in [0.05, 0.1) is 0 Å². The van der Waals surface area contributed by atoms with Gasteiger partial charge in [0, 0.05) is 0 Å². The van der Waals surface area contributed by atoms with Crippen LogP contribution in [-0.4, -0.2) is 15.3 Å². The number of allylic oxidation sites excluding steroid dienone is 1. The molecule has 0 unspecified atom stereocenters. The topological polar surface area (TPSA) is 42.9 Å². The van der Waals surface area contributed by atoms with Crippen LogP contribution < -0.4 is 0 Å². The molecule has 0 atom stereocenters. The third kappa shape index (κ3) is 3.59. The molecule has 0 saturated heterocycles. The number of nitrogens with zero attached hydrogens (tertiary/aromatic N) is 2. The molecular weight excluding hydrogens is 216 g/mol. The van der Waals surface area contributed by atoms with Crippen molar-refractivity contribution in [1.29, 1.82) is 0 Å². The summed E-state index contributed by atoms with van der Waals surface area (Å²) in [7, 11) is 0. The Bertz CT molecular complexity index is 331. The van der Waals surface area contributed by atoms with Gasteiger partial charge in [0.15, 0.2) is 4.34 Å². The summed E-state index contributed by atoms with van der Waals surface area (Å²) in [6.07, 6.45) is 1.95. The number of aromatic nitrogens is 2. The average molecular weight is 228 g/mol. The highest BCUT2D eigenvalue weighted by Gasteiger charge is 2.09. The number of thioether (sulfide) groups is 1. The first kappa shape index (κ1) is 11.4. The van der Waals surface area contributed by atoms with Crippen LogP contribution in [0, 0.1) is 5.92 Å². The SMILES string of the molecule is CC(=CC(C)C)C(=O)Sc1nncs1. The molecule has 1 aromatic rings. The van der Waals surface area contributed by atoms with Gasteiger partial charge in [-0.1, -0.05) is 31.3 Å². The Morgan fingerprint density at radius 3 is 2.86 bits per heavy atom. The molecule has 0 spiro atoms. The lowest BCUT2D eigenvalue weighted by atomic mass is 10.1. The zero-order valence-corrected chi connectivity index (χ0v) is 9.98. The molecule has 1 rings (SSSR count). The van der Waals surface area contributed by atoms with Crippen molar-refractivity contribution in [1.82, 2.24) is 10.2 Å². The first-order valence-corrected chi connectivity index (χ1v) is 5.96. The van der Waals surface area contributed by atoms with Crippen molar-refractivity contribution in [2.75, 3.05) is 0 Å². The Morgan fingerprint density at radius 1 is 1.64 bits per heavy atom. The van der Waals surface area contributed by atoms with Crippen LogP contribution in [0.4, 0.5) is 0 Å². The largest absolute Gasteiger partial charge is 0.281 e. The molecule has 0 N–H and O–H groups in total. The van der Waals surface area contributed by atoms with Crippen LogP contribution in [0.3, 0.4) is 0 Å². The number of hydrogen-bond donors (Lipinski definition) is 0. The van der Waals surface area contributed by atoms with Gasteiger partial charge in [-0.15, -0.1) is 10.2 Å². The second kappa shape index (κ2) is 5.26. The first-order valence-electron chi connectivity index (χ1n) is 4.26. The van der Waals surface area contributed by atoms with Crippen molar-refractivity contribution in [3.05, 3.63) is 17.2 Å². The zero-order chi connectivity index (χ0) is 10.6. The number of carbonyl (C=O) groups excluding carboxylic acids is 1. The summed E-state index contributed by atoms with van der Waals surface area (Å²) >= 11 is 2.52. The van der Waals surface area contributed by atoms with Gasteiger partial charge in [-0.05, 0) is 30.2 Å². The predicted octanol–water partition coefficient (Wildman–Crippen LogP) is 2.76. The molecule has 3 nitrogen and oxygen atoms in total. The van der Waals surface area contributed by atoms with Crippen molar-refractivity contribution < 1.29 is 4.79 Å². The van der Waals surface area contributed by atoms with Gasteiger partial charge in [0.25, 0.3) is 0 Å². The number of carbonyl (C=O) groups is 1. The molecule has 0 saturated carbocycles. The second-order valence-electron chi connectivity index (χ2n) is 3.19. The Kier molecular flexibility index (Phi) is 4.28. The molecule has 1 heterocycles. The molecule has 0 amide bonds. The van der Waals surface area contributed by atoms with E-state index in [1.807, 2.05) is 26.8 Å². The van der Waals surface area contributed by atoms with Gasteiger partial charge in [0.2, 0.25) is 5.12 Å². The summed E-state index contributed by atoms with van der Waals surface area (Å²) in [5.74, 6) is 0.397. The monoisotopic (exact) mass is 228 g/mol. The Balaban J connectivity index is 2.59. The highest BCUT2D eigenvalue weighted by atomic mass is 32.2. The number of hydrogen-bond acceptors (Lipinski definition) is 5. The van der Waals surface area contributed by atoms with Crippen LogP contribution in [-0.2, 0) is 4.79 Å². The fraction of sp³-hybridized carbons (Fsp3) is 0.444. The van der Waals surface area contributed by atoms with E-state index in [1.54, 1.807) is 5.51 Å². The van der Waals surface area contributed by atoms with Gasteiger partial charge in [-0.25, -0.2) is 0 Å². The van der Waals surface area contributed by atoms with Crippen LogP contribution in [0.5, 0.6) is 0 Å². The maximum atomic E-state index is 11.6. The fourth-order valence-corrected chi connectivity index (χ4v) is 2.24. The third-order valence-corrected chi connectivity index (χ3v) is 3.21. The summed E-state index contributed by atoms with van der Waals surface area (Å²) in [6, 6.07) is 0. The van der Waals surface area contributed by atoms with Gasteiger partial charge in [-0.3, -0.25) is 4.79 Å². The van der Waals surface area contributed by atoms with Crippen molar-refractivity contribution in [2.24, 2.45) is 5.92 Å². The van der Waals surface area contributed by atoms with E-state index >= 15 is 0 Å². The molecule has 0 bridgehead atoms. The van der Waals surface area contributed by atoms with Gasteiger partial charge in [0.1, 0.15) is 5.51 Å². The summed E-state index contributed by atoms with van der Waals surface area (Å²) in [5.41, 5.74) is 2.40. The lowest BCUT2D eigenvalue weighted by Gasteiger charge is -1.99. The van der Waals surface area contributed by atoms with Gasteiger partial charge >= 0.3 is 0 Å². The van der Waals surface area contributed by atoms with Crippen molar-refractivity contribution in [2.45, 2.75) is 25.1 Å². The van der Waals surface area contributed by atoms with Gasteiger partial charge in [-0.2, -0.15) is 0 Å². The molecule has 76 valence electrons. The molecule has 0 aliphatic heterocycles. The van der Waals surface area contributed by atoms with E-state index in [9.17, 15) is 4.79 Å². The van der Waals surface area contributed by atoms with Crippen LogP contribution in [0.25, 0.3) is 0 Å². The maximum Gasteiger partial charge on any atom is 0.221 e. The van der Waals surface area contributed by atoms with Crippen LogP contribution in [0.1, 0.15) is 20.8 Å². The van der Waals surface area contributed by atoms with E-state index in [4.69, 9.17) is 0 Å². The lowest BCUT2D eigenvalue weighted by Crippen LogP contribution is -1.95.